The molecule has 114 valence electrons. The molecule has 1 saturated heterocycles. The Morgan fingerprint density at radius 1 is 1.43 bits per heavy atom. The highest BCUT2D eigenvalue weighted by atomic mass is 19.1. The van der Waals surface area contributed by atoms with Gasteiger partial charge in [-0.2, -0.15) is 0 Å². The van der Waals surface area contributed by atoms with E-state index in [1.165, 1.54) is 12.1 Å². The van der Waals surface area contributed by atoms with Crippen molar-refractivity contribution < 1.29 is 24.2 Å². The molecule has 1 aromatic rings. The van der Waals surface area contributed by atoms with E-state index in [1.807, 2.05) is 0 Å². The van der Waals surface area contributed by atoms with Gasteiger partial charge in [0.25, 0.3) is 0 Å². The first-order valence-corrected chi connectivity index (χ1v) is 6.67. The monoisotopic (exact) mass is 296 g/mol. The number of carbonyl (C=O) groups is 2. The highest BCUT2D eigenvalue weighted by Crippen LogP contribution is 2.18. The molecular weight excluding hydrogens is 279 g/mol. The van der Waals surface area contributed by atoms with Crippen LogP contribution in [0.15, 0.2) is 24.3 Å². The average molecular weight is 296 g/mol. The standard InChI is InChI=1S/C14H17FN2O4/c15-10-3-1-2-9(6-10)4-5-16-14(21)17-8-11(18)7-12(17)13(19)20/h1-3,6,11-12,18H,4-5,7-8H2,(H,16,21)(H,19,20)/t11-,12-/m1/s1. The Morgan fingerprint density at radius 3 is 2.86 bits per heavy atom. The van der Waals surface area contributed by atoms with Crippen molar-refractivity contribution in [2.45, 2.75) is 25.0 Å². The predicted octanol–water partition coefficient (Wildman–Crippen LogP) is 0.598. The summed E-state index contributed by atoms with van der Waals surface area (Å²) in [5, 5.41) is 21.1. The third-order valence-corrected chi connectivity index (χ3v) is 3.40. The Bertz CT molecular complexity index is 537. The molecule has 2 atom stereocenters. The zero-order valence-electron chi connectivity index (χ0n) is 11.3. The second-order valence-corrected chi connectivity index (χ2v) is 5.01. The average Bonchev–Trinajstić information content (AvgIpc) is 2.81. The van der Waals surface area contributed by atoms with Crippen molar-refractivity contribution >= 4 is 12.0 Å². The number of β-amino-alcohol motifs (C(OH)–C–C–N with tert-alkyl or cyclic N) is 1. The first-order chi connectivity index (χ1) is 9.97. The second-order valence-electron chi connectivity index (χ2n) is 5.01. The highest BCUT2D eigenvalue weighted by Gasteiger charge is 2.38. The number of carboxylic acid groups (broad SMARTS) is 1. The predicted molar refractivity (Wildman–Crippen MR) is 72.3 cm³/mol. The summed E-state index contributed by atoms with van der Waals surface area (Å²) in [6.07, 6.45) is -0.343. The molecule has 0 aliphatic carbocycles. The van der Waals surface area contributed by atoms with Gasteiger partial charge >= 0.3 is 12.0 Å². The van der Waals surface area contributed by atoms with E-state index in [4.69, 9.17) is 5.11 Å². The number of nitrogens with zero attached hydrogens (tertiary/aromatic N) is 1. The van der Waals surface area contributed by atoms with Gasteiger partial charge in [-0.3, -0.25) is 0 Å². The molecule has 2 amide bonds. The number of rotatable bonds is 4. The number of carboxylic acids is 1. The molecule has 0 radical (unpaired) electrons. The second kappa shape index (κ2) is 6.53. The zero-order valence-corrected chi connectivity index (χ0v) is 11.3. The molecule has 1 aromatic carbocycles. The Hall–Kier alpha value is -2.15. The molecular formula is C14H17FN2O4. The molecule has 0 saturated carbocycles. The third-order valence-electron chi connectivity index (χ3n) is 3.40. The lowest BCUT2D eigenvalue weighted by Gasteiger charge is -2.21. The van der Waals surface area contributed by atoms with E-state index in [0.717, 1.165) is 10.5 Å². The van der Waals surface area contributed by atoms with Gasteiger partial charge in [0.05, 0.1) is 6.10 Å². The summed E-state index contributed by atoms with van der Waals surface area (Å²) in [6, 6.07) is 4.51. The maximum atomic E-state index is 13.0. The van der Waals surface area contributed by atoms with Crippen LogP contribution in [0.5, 0.6) is 0 Å². The van der Waals surface area contributed by atoms with Crippen LogP contribution in [-0.2, 0) is 11.2 Å². The summed E-state index contributed by atoms with van der Waals surface area (Å²) in [5.41, 5.74) is 0.742. The minimum Gasteiger partial charge on any atom is -0.480 e. The maximum Gasteiger partial charge on any atom is 0.326 e. The third kappa shape index (κ3) is 3.91. The topological polar surface area (TPSA) is 89.9 Å². The molecule has 0 bridgehead atoms. The molecule has 2 rings (SSSR count). The van der Waals surface area contributed by atoms with E-state index >= 15 is 0 Å². The number of carbonyl (C=O) groups excluding carboxylic acids is 1. The zero-order chi connectivity index (χ0) is 15.4. The van der Waals surface area contributed by atoms with E-state index in [-0.39, 0.29) is 25.3 Å². The lowest BCUT2D eigenvalue weighted by Crippen LogP contribution is -2.46. The molecule has 3 N–H and O–H groups in total. The molecule has 1 fully saturated rings. The van der Waals surface area contributed by atoms with Crippen LogP contribution in [0.2, 0.25) is 0 Å². The van der Waals surface area contributed by atoms with E-state index in [2.05, 4.69) is 5.32 Å². The molecule has 0 aromatic heterocycles. The van der Waals surface area contributed by atoms with Crippen LogP contribution in [0.4, 0.5) is 9.18 Å². The highest BCUT2D eigenvalue weighted by molar-refractivity contribution is 5.83. The summed E-state index contributed by atoms with van der Waals surface area (Å²) in [6.45, 7) is 0.268. The quantitative estimate of drug-likeness (QED) is 0.759. The number of halogens is 1. The van der Waals surface area contributed by atoms with Gasteiger partial charge in [0, 0.05) is 19.5 Å². The normalized spacial score (nSPS) is 21.3. The van der Waals surface area contributed by atoms with Gasteiger partial charge in [-0.05, 0) is 24.1 Å². The van der Waals surface area contributed by atoms with Crippen LogP contribution in [0.1, 0.15) is 12.0 Å². The molecule has 6 nitrogen and oxygen atoms in total. The maximum absolute atomic E-state index is 13.0. The lowest BCUT2D eigenvalue weighted by molar-refractivity contribution is -0.141. The molecule has 21 heavy (non-hydrogen) atoms. The van der Waals surface area contributed by atoms with Gasteiger partial charge in [-0.25, -0.2) is 14.0 Å². The lowest BCUT2D eigenvalue weighted by atomic mass is 10.1. The van der Waals surface area contributed by atoms with Crippen molar-refractivity contribution in [1.29, 1.82) is 0 Å². The molecule has 1 aliphatic heterocycles. The molecule has 1 aliphatic rings. The molecule has 0 unspecified atom stereocenters. The van der Waals surface area contributed by atoms with Crippen LogP contribution in [0, 0.1) is 5.82 Å². The first kappa shape index (κ1) is 15.2. The summed E-state index contributed by atoms with van der Waals surface area (Å²) >= 11 is 0. The summed E-state index contributed by atoms with van der Waals surface area (Å²) in [4.78, 5) is 24.1. The van der Waals surface area contributed by atoms with Gasteiger partial charge in [-0.1, -0.05) is 12.1 Å². The Kier molecular flexibility index (Phi) is 4.74. The number of hydrogen-bond acceptors (Lipinski definition) is 3. The van der Waals surface area contributed by atoms with Gasteiger partial charge in [0.1, 0.15) is 11.9 Å². The van der Waals surface area contributed by atoms with Crippen molar-refractivity contribution in [1.82, 2.24) is 10.2 Å². The number of aliphatic carboxylic acids is 1. The largest absolute Gasteiger partial charge is 0.480 e. The van der Waals surface area contributed by atoms with Crippen LogP contribution in [-0.4, -0.2) is 52.3 Å². The fourth-order valence-electron chi connectivity index (χ4n) is 2.38. The minimum atomic E-state index is -1.13. The van der Waals surface area contributed by atoms with E-state index in [1.54, 1.807) is 12.1 Å². The van der Waals surface area contributed by atoms with Crippen LogP contribution in [0.25, 0.3) is 0 Å². The number of amides is 2. The minimum absolute atomic E-state index is 0.00274. The van der Waals surface area contributed by atoms with Crippen molar-refractivity contribution in [3.8, 4) is 0 Å². The number of likely N-dealkylation sites (tertiary alicyclic amines) is 1. The fourth-order valence-corrected chi connectivity index (χ4v) is 2.38. The SMILES string of the molecule is O=C(O)[C@H]1C[C@@H](O)CN1C(=O)NCCc1cccc(F)c1. The Morgan fingerprint density at radius 2 is 2.19 bits per heavy atom. The van der Waals surface area contributed by atoms with E-state index < -0.39 is 24.1 Å². The number of urea groups is 1. The van der Waals surface area contributed by atoms with Gasteiger partial charge in [0.2, 0.25) is 0 Å². The summed E-state index contributed by atoms with van der Waals surface area (Å²) in [7, 11) is 0. The smallest absolute Gasteiger partial charge is 0.326 e. The number of nitrogens with one attached hydrogen (secondary N) is 1. The molecule has 7 heteroatoms. The van der Waals surface area contributed by atoms with Crippen LogP contribution < -0.4 is 5.32 Å². The summed E-state index contributed by atoms with van der Waals surface area (Å²) < 4.78 is 13.0. The van der Waals surface area contributed by atoms with E-state index in [9.17, 15) is 19.1 Å². The van der Waals surface area contributed by atoms with Crippen molar-refractivity contribution in [2.75, 3.05) is 13.1 Å². The number of aliphatic hydroxyl groups excluding tert-OH is 1. The van der Waals surface area contributed by atoms with Gasteiger partial charge in [-0.15, -0.1) is 0 Å². The van der Waals surface area contributed by atoms with Crippen LogP contribution >= 0.6 is 0 Å². The Labute approximate surface area is 121 Å². The van der Waals surface area contributed by atoms with Gasteiger partial charge < -0.3 is 20.4 Å². The summed E-state index contributed by atoms with van der Waals surface area (Å²) in [5.74, 6) is -1.47. The molecule has 1 heterocycles. The van der Waals surface area contributed by atoms with Crippen molar-refractivity contribution in [2.24, 2.45) is 0 Å². The van der Waals surface area contributed by atoms with Gasteiger partial charge in [0.15, 0.2) is 0 Å². The van der Waals surface area contributed by atoms with Crippen molar-refractivity contribution in [3.63, 3.8) is 0 Å². The number of benzene rings is 1. The fraction of sp³-hybridized carbons (Fsp3) is 0.429. The van der Waals surface area contributed by atoms with Crippen molar-refractivity contribution in [3.05, 3.63) is 35.6 Å². The van der Waals surface area contributed by atoms with Crippen LogP contribution in [0.3, 0.4) is 0 Å². The Balaban J connectivity index is 1.85. The molecule has 0 spiro atoms. The first-order valence-electron chi connectivity index (χ1n) is 6.67. The number of hydrogen-bond donors (Lipinski definition) is 3. The number of aliphatic hydroxyl groups is 1. The van der Waals surface area contributed by atoms with E-state index in [0.29, 0.717) is 6.42 Å².